The van der Waals surface area contributed by atoms with E-state index in [1.165, 1.54) is 27.1 Å². The number of fused-ring (bicyclic) bond motifs is 3. The third kappa shape index (κ3) is 5.77. The molecular formula is C46H44F2N10O5. The fourth-order valence-corrected chi connectivity index (χ4v) is 10.3. The van der Waals surface area contributed by atoms with E-state index in [0.29, 0.717) is 76.4 Å². The van der Waals surface area contributed by atoms with Crippen molar-refractivity contribution in [1.82, 2.24) is 48.3 Å². The number of hydrogen-bond donors (Lipinski definition) is 1. The van der Waals surface area contributed by atoms with Crippen molar-refractivity contribution >= 4 is 27.7 Å². The van der Waals surface area contributed by atoms with E-state index < -0.39 is 28.8 Å². The summed E-state index contributed by atoms with van der Waals surface area (Å²) < 4.78 is 49.9. The first kappa shape index (κ1) is 39.0. The monoisotopic (exact) mass is 854 g/mol. The normalized spacial score (nSPS) is 20.3. The molecule has 1 saturated carbocycles. The highest BCUT2D eigenvalue weighted by Gasteiger charge is 2.59. The van der Waals surface area contributed by atoms with Crippen LogP contribution in [-0.4, -0.2) is 74.0 Å². The van der Waals surface area contributed by atoms with Crippen molar-refractivity contribution in [2.75, 3.05) is 19.8 Å². The van der Waals surface area contributed by atoms with Crippen LogP contribution in [0.25, 0.3) is 44.4 Å². The lowest BCUT2D eigenvalue weighted by Crippen LogP contribution is -2.43. The molecule has 5 aromatic heterocycles. The Labute approximate surface area is 358 Å². The predicted molar refractivity (Wildman–Crippen MR) is 228 cm³/mol. The molecule has 1 aliphatic carbocycles. The molecule has 15 nitrogen and oxygen atoms in total. The van der Waals surface area contributed by atoms with E-state index in [0.717, 1.165) is 23.7 Å². The first-order valence-corrected chi connectivity index (χ1v) is 21.3. The summed E-state index contributed by atoms with van der Waals surface area (Å²) in [6.07, 6.45) is 6.92. The number of imidazole rings is 1. The molecule has 7 heterocycles. The maximum atomic E-state index is 16.1. The SMILES string of the molecule is Cc1cc(-c2nn3c(c2-n2ccn(-c4ccc5c(cnn5C)c4F)c2=O)C(C)N(C(=O)c2cc4cc(C5CCOCC5)ccc4n2C2(c4noc(=O)[nH]4)CC2C)CC3)cc(C)c1F. The van der Waals surface area contributed by atoms with Crippen molar-refractivity contribution in [3.63, 3.8) is 0 Å². The first-order valence-electron chi connectivity index (χ1n) is 21.3. The summed E-state index contributed by atoms with van der Waals surface area (Å²) in [5.74, 6) is -1.19. The minimum atomic E-state index is -0.846. The number of benzene rings is 3. The number of aromatic amines is 1. The maximum absolute atomic E-state index is 16.1. The first-order chi connectivity index (χ1) is 30.3. The van der Waals surface area contributed by atoms with Crippen LogP contribution < -0.4 is 11.4 Å². The number of H-pyrrole nitrogens is 1. The molecule has 17 heteroatoms. The molecule has 3 aliphatic rings. The Bertz CT molecular complexity index is 3280. The number of halogens is 2. The van der Waals surface area contributed by atoms with E-state index in [1.807, 2.05) is 17.6 Å². The number of rotatable bonds is 7. The second-order valence-electron chi connectivity index (χ2n) is 17.4. The molecule has 3 atom stereocenters. The highest BCUT2D eigenvalue weighted by molar-refractivity contribution is 6.00. The van der Waals surface area contributed by atoms with Gasteiger partial charge in [0.15, 0.2) is 11.6 Å². The summed E-state index contributed by atoms with van der Waals surface area (Å²) in [6, 6.07) is 14.3. The summed E-state index contributed by atoms with van der Waals surface area (Å²) >= 11 is 0. The Morgan fingerprint density at radius 3 is 2.37 bits per heavy atom. The fraction of sp³-hybridized carbons (Fsp3) is 0.348. The second-order valence-corrected chi connectivity index (χ2v) is 17.4. The third-order valence-electron chi connectivity index (χ3n) is 13.7. The van der Waals surface area contributed by atoms with E-state index in [-0.39, 0.29) is 41.8 Å². The average Bonchev–Trinajstić information content (AvgIpc) is 3.91. The van der Waals surface area contributed by atoms with Crippen molar-refractivity contribution in [2.24, 2.45) is 13.0 Å². The van der Waals surface area contributed by atoms with Crippen LogP contribution in [0.15, 0.2) is 81.2 Å². The molecule has 0 radical (unpaired) electrons. The van der Waals surface area contributed by atoms with Gasteiger partial charge in [-0.1, -0.05) is 18.1 Å². The van der Waals surface area contributed by atoms with E-state index in [9.17, 15) is 9.59 Å². The molecule has 1 amide bonds. The predicted octanol–water partition coefficient (Wildman–Crippen LogP) is 6.80. The molecule has 63 heavy (non-hydrogen) atoms. The van der Waals surface area contributed by atoms with Crippen LogP contribution in [-0.2, 0) is 23.9 Å². The van der Waals surface area contributed by atoms with Crippen LogP contribution in [0.3, 0.4) is 0 Å². The number of carbonyl (C=O) groups excluding carboxylic acids is 1. The number of carbonyl (C=O) groups is 1. The molecule has 3 unspecified atom stereocenters. The molecule has 322 valence electrons. The number of amides is 1. The average molecular weight is 855 g/mol. The van der Waals surface area contributed by atoms with Crippen molar-refractivity contribution in [3.8, 4) is 22.6 Å². The summed E-state index contributed by atoms with van der Waals surface area (Å²) in [5, 5.41) is 14.6. The van der Waals surface area contributed by atoms with Gasteiger partial charge in [-0.15, -0.1) is 0 Å². The highest BCUT2D eigenvalue weighted by atomic mass is 19.1. The van der Waals surface area contributed by atoms with E-state index in [4.69, 9.17) is 14.4 Å². The van der Waals surface area contributed by atoms with Gasteiger partial charge in [0.1, 0.15) is 28.4 Å². The molecule has 2 aliphatic heterocycles. The summed E-state index contributed by atoms with van der Waals surface area (Å²) in [5.41, 5.74) is 4.42. The Kier molecular flexibility index (Phi) is 8.71. The Morgan fingerprint density at radius 2 is 1.65 bits per heavy atom. The van der Waals surface area contributed by atoms with Crippen LogP contribution in [0.4, 0.5) is 8.78 Å². The summed E-state index contributed by atoms with van der Waals surface area (Å²) in [7, 11) is 1.72. The Hall–Kier alpha value is -6.88. The van der Waals surface area contributed by atoms with Gasteiger partial charge in [0.25, 0.3) is 5.91 Å². The zero-order valence-corrected chi connectivity index (χ0v) is 35.4. The number of hydrogen-bond acceptors (Lipinski definition) is 8. The van der Waals surface area contributed by atoms with Crippen molar-refractivity contribution in [3.05, 3.63) is 134 Å². The maximum Gasteiger partial charge on any atom is 0.438 e. The molecular weight excluding hydrogens is 811 g/mol. The lowest BCUT2D eigenvalue weighted by Gasteiger charge is -2.35. The van der Waals surface area contributed by atoms with Gasteiger partial charge in [0, 0.05) is 55.7 Å². The number of aromatic nitrogens is 9. The van der Waals surface area contributed by atoms with Gasteiger partial charge >= 0.3 is 11.4 Å². The smallest absolute Gasteiger partial charge is 0.381 e. The van der Waals surface area contributed by atoms with Crippen LogP contribution in [0.2, 0.25) is 0 Å². The standard InChI is InChI=1S/C46H44F2N10O5/c1-24-18-31(19-25(2)37(24)47)39-41(56-13-12-55(45(56)61)35-9-8-34-32(38(35)48)23-49-53(34)5)40-27(4)54(14-15-57(40)51-39)42(59)36-21-30-20-29(28-10-16-62-17-11-28)6-7-33(30)58(36)46(22-26(46)3)43-50-44(60)63-52-43/h6-9,12-13,18-21,23,26-28H,10-11,14-17,22H2,1-5H3,(H,50,52,60). The van der Waals surface area contributed by atoms with E-state index >= 15 is 13.6 Å². The molecule has 0 spiro atoms. The van der Waals surface area contributed by atoms with Gasteiger partial charge in [-0.2, -0.15) is 10.2 Å². The lowest BCUT2D eigenvalue weighted by molar-refractivity contribution is 0.0623. The number of aryl methyl sites for hydroxylation is 3. The topological polar surface area (TPSA) is 156 Å². The van der Waals surface area contributed by atoms with E-state index in [2.05, 4.69) is 40.4 Å². The zero-order valence-electron chi connectivity index (χ0n) is 35.4. The van der Waals surface area contributed by atoms with Crippen LogP contribution in [0.1, 0.15) is 83.8 Å². The fourth-order valence-electron chi connectivity index (χ4n) is 10.3. The molecule has 11 rings (SSSR count). The number of nitrogens with zero attached hydrogens (tertiary/aromatic N) is 9. The molecule has 1 N–H and O–H groups in total. The molecule has 1 saturated heterocycles. The summed E-state index contributed by atoms with van der Waals surface area (Å²) in [4.78, 5) is 47.0. The molecule has 3 aromatic carbocycles. The quantitative estimate of drug-likeness (QED) is 0.184. The van der Waals surface area contributed by atoms with Gasteiger partial charge in [-0.05, 0) is 111 Å². The van der Waals surface area contributed by atoms with E-state index in [1.54, 1.807) is 65.6 Å². The Balaban J connectivity index is 1.06. The minimum Gasteiger partial charge on any atom is -0.381 e. The van der Waals surface area contributed by atoms with Crippen molar-refractivity contribution in [1.29, 1.82) is 0 Å². The molecule has 8 aromatic rings. The van der Waals surface area contributed by atoms with Gasteiger partial charge in [0.2, 0.25) is 0 Å². The van der Waals surface area contributed by atoms with Crippen molar-refractivity contribution in [2.45, 2.75) is 71.0 Å². The van der Waals surface area contributed by atoms with Gasteiger partial charge in [-0.25, -0.2) is 18.4 Å². The van der Waals surface area contributed by atoms with Gasteiger partial charge in [0.05, 0.1) is 41.1 Å². The molecule has 2 fully saturated rings. The number of nitrogens with one attached hydrogen (secondary N) is 1. The van der Waals surface area contributed by atoms with Gasteiger partial charge in [-0.3, -0.25) is 32.8 Å². The lowest BCUT2D eigenvalue weighted by atomic mass is 9.91. The molecule has 0 bridgehead atoms. The third-order valence-corrected chi connectivity index (χ3v) is 13.7. The summed E-state index contributed by atoms with van der Waals surface area (Å²) in [6.45, 7) is 9.26. The Morgan fingerprint density at radius 1 is 0.921 bits per heavy atom. The largest absolute Gasteiger partial charge is 0.438 e. The second kappa shape index (κ2) is 14.1. The van der Waals surface area contributed by atoms with Crippen LogP contribution in [0.5, 0.6) is 0 Å². The van der Waals surface area contributed by atoms with Crippen molar-refractivity contribution < 1.29 is 22.8 Å². The minimum absolute atomic E-state index is 0.00665. The van der Waals surface area contributed by atoms with Crippen LogP contribution in [0, 0.1) is 31.4 Å². The zero-order chi connectivity index (χ0) is 43.6. The number of ether oxygens (including phenoxy) is 1. The van der Waals surface area contributed by atoms with Crippen LogP contribution >= 0.6 is 0 Å². The highest BCUT2D eigenvalue weighted by Crippen LogP contribution is 2.56. The van der Waals surface area contributed by atoms with Gasteiger partial charge < -0.3 is 14.2 Å².